The maximum atomic E-state index is 8.74. The maximum Gasteiger partial charge on any atom is 0.153 e. The highest BCUT2D eigenvalue weighted by Gasteiger charge is 2.24. The Labute approximate surface area is 118 Å². The van der Waals surface area contributed by atoms with Crippen LogP contribution in [0, 0.1) is 17.2 Å². The largest absolute Gasteiger partial charge is 0.323 e. The van der Waals surface area contributed by atoms with E-state index in [1.807, 2.05) is 0 Å². The minimum Gasteiger partial charge on any atom is -0.323 e. The smallest absolute Gasteiger partial charge is 0.153 e. The Morgan fingerprint density at radius 2 is 2.25 bits per heavy atom. The van der Waals surface area contributed by atoms with Gasteiger partial charge < -0.3 is 5.32 Å². The minimum atomic E-state index is 0.554. The van der Waals surface area contributed by atoms with Crippen LogP contribution in [0.5, 0.6) is 0 Å². The van der Waals surface area contributed by atoms with Crippen molar-refractivity contribution in [2.24, 2.45) is 5.92 Å². The fourth-order valence-corrected chi connectivity index (χ4v) is 2.76. The Morgan fingerprint density at radius 3 is 2.90 bits per heavy atom. The van der Waals surface area contributed by atoms with Crippen molar-refractivity contribution in [1.82, 2.24) is 15.2 Å². The zero-order valence-corrected chi connectivity index (χ0v) is 11.4. The van der Waals surface area contributed by atoms with Gasteiger partial charge in [0, 0.05) is 23.9 Å². The van der Waals surface area contributed by atoms with Crippen LogP contribution in [0.25, 0.3) is 0 Å². The first kappa shape index (κ1) is 12.7. The number of hydrogen-bond donors (Lipinski definition) is 2. The van der Waals surface area contributed by atoms with E-state index in [9.17, 15) is 0 Å². The van der Waals surface area contributed by atoms with Crippen LogP contribution in [0.15, 0.2) is 24.4 Å². The van der Waals surface area contributed by atoms with Gasteiger partial charge >= 0.3 is 0 Å². The van der Waals surface area contributed by atoms with Gasteiger partial charge in [-0.3, -0.25) is 5.10 Å². The molecule has 2 N–H and O–H groups in total. The van der Waals surface area contributed by atoms with Crippen molar-refractivity contribution in [3.63, 3.8) is 0 Å². The molecule has 3 rings (SSSR count). The average Bonchev–Trinajstić information content (AvgIpc) is 3.09. The predicted octanol–water partition coefficient (Wildman–Crippen LogP) is 3.32. The van der Waals surface area contributed by atoms with E-state index < -0.39 is 0 Å². The Balaban J connectivity index is 1.69. The molecule has 1 aliphatic carbocycles. The Hall–Kier alpha value is -2.35. The molecule has 20 heavy (non-hydrogen) atoms. The second-order valence-electron chi connectivity index (χ2n) is 5.49. The number of anilines is 2. The molecule has 1 aliphatic rings. The molecular formula is C15H17N5. The van der Waals surface area contributed by atoms with Crippen LogP contribution in [0.4, 0.5) is 11.6 Å². The number of pyridine rings is 1. The Kier molecular flexibility index (Phi) is 3.38. The summed E-state index contributed by atoms with van der Waals surface area (Å²) in [5.74, 6) is 2.88. The minimum absolute atomic E-state index is 0.554. The lowest BCUT2D eigenvalue weighted by Gasteiger charge is -2.05. The quantitative estimate of drug-likeness (QED) is 0.894. The van der Waals surface area contributed by atoms with Gasteiger partial charge in [0.05, 0.1) is 5.56 Å². The first-order chi connectivity index (χ1) is 9.74. The third kappa shape index (κ3) is 2.64. The van der Waals surface area contributed by atoms with Crippen LogP contribution in [-0.4, -0.2) is 15.2 Å². The molecule has 2 unspecified atom stereocenters. The number of hydrogen-bond acceptors (Lipinski definition) is 4. The maximum absolute atomic E-state index is 8.74. The van der Waals surface area contributed by atoms with Gasteiger partial charge in [-0.25, -0.2) is 4.98 Å². The Bertz CT molecular complexity index is 622. The summed E-state index contributed by atoms with van der Waals surface area (Å²) in [5, 5.41) is 19.3. The summed E-state index contributed by atoms with van der Waals surface area (Å²) in [7, 11) is 0. The van der Waals surface area contributed by atoms with Gasteiger partial charge in [-0.2, -0.15) is 10.4 Å². The van der Waals surface area contributed by atoms with E-state index in [2.05, 4.69) is 39.6 Å². The lowest BCUT2D eigenvalue weighted by Crippen LogP contribution is -1.94. The second-order valence-corrected chi connectivity index (χ2v) is 5.49. The second kappa shape index (κ2) is 5.33. The van der Waals surface area contributed by atoms with E-state index in [1.54, 1.807) is 18.3 Å². The molecule has 0 bridgehead atoms. The zero-order chi connectivity index (χ0) is 13.9. The summed E-state index contributed by atoms with van der Waals surface area (Å²) in [4.78, 5) is 4.18. The molecule has 1 saturated carbocycles. The van der Waals surface area contributed by atoms with Gasteiger partial charge in [-0.05, 0) is 30.9 Å². The van der Waals surface area contributed by atoms with Crippen LogP contribution in [0.3, 0.4) is 0 Å². The topological polar surface area (TPSA) is 77.4 Å². The standard InChI is InChI=1S/C15H17N5/c1-10-2-4-12(6-10)13-7-15(20-19-13)18-14-5-3-11(8-16)9-17-14/h3,5,7,9-10,12H,2,4,6H2,1H3,(H2,17,18,19,20). The first-order valence-corrected chi connectivity index (χ1v) is 6.93. The fraction of sp³-hybridized carbons (Fsp3) is 0.400. The van der Waals surface area contributed by atoms with E-state index >= 15 is 0 Å². The highest BCUT2D eigenvalue weighted by atomic mass is 15.2. The lowest BCUT2D eigenvalue weighted by atomic mass is 10.0. The van der Waals surface area contributed by atoms with Crippen molar-refractivity contribution in [3.05, 3.63) is 35.7 Å². The summed E-state index contributed by atoms with van der Waals surface area (Å²) in [6.07, 6.45) is 5.31. The highest BCUT2D eigenvalue weighted by molar-refractivity contribution is 5.52. The average molecular weight is 267 g/mol. The molecule has 0 amide bonds. The zero-order valence-electron chi connectivity index (χ0n) is 11.4. The molecule has 0 aliphatic heterocycles. The summed E-state index contributed by atoms with van der Waals surface area (Å²) >= 11 is 0. The molecule has 5 heteroatoms. The molecule has 0 spiro atoms. The van der Waals surface area contributed by atoms with Gasteiger partial charge in [0.1, 0.15) is 11.9 Å². The van der Waals surface area contributed by atoms with Crippen molar-refractivity contribution >= 4 is 11.6 Å². The fourth-order valence-electron chi connectivity index (χ4n) is 2.76. The van der Waals surface area contributed by atoms with E-state index in [0.29, 0.717) is 17.3 Å². The van der Waals surface area contributed by atoms with E-state index in [1.165, 1.54) is 25.0 Å². The molecule has 5 nitrogen and oxygen atoms in total. The van der Waals surface area contributed by atoms with Gasteiger partial charge in [0.25, 0.3) is 0 Å². The van der Waals surface area contributed by atoms with Gasteiger partial charge in [-0.1, -0.05) is 13.3 Å². The van der Waals surface area contributed by atoms with Crippen LogP contribution in [0.2, 0.25) is 0 Å². The number of H-pyrrole nitrogens is 1. The molecule has 2 heterocycles. The van der Waals surface area contributed by atoms with Gasteiger partial charge in [-0.15, -0.1) is 0 Å². The SMILES string of the molecule is CC1CCC(c2cc(Nc3ccc(C#N)cn3)n[nH]2)C1. The highest BCUT2D eigenvalue weighted by Crippen LogP contribution is 2.37. The van der Waals surface area contributed by atoms with E-state index in [0.717, 1.165) is 11.7 Å². The van der Waals surface area contributed by atoms with E-state index in [4.69, 9.17) is 5.26 Å². The van der Waals surface area contributed by atoms with Gasteiger partial charge in [0.15, 0.2) is 5.82 Å². The number of nitrogens with zero attached hydrogens (tertiary/aromatic N) is 3. The third-order valence-corrected chi connectivity index (χ3v) is 3.88. The van der Waals surface area contributed by atoms with Crippen molar-refractivity contribution in [1.29, 1.82) is 5.26 Å². The summed E-state index contributed by atoms with van der Waals surface area (Å²) in [6, 6.07) is 7.63. The number of nitriles is 1. The molecule has 0 aromatic carbocycles. The molecule has 2 atom stereocenters. The van der Waals surface area contributed by atoms with Crippen molar-refractivity contribution in [2.75, 3.05) is 5.32 Å². The Morgan fingerprint density at radius 1 is 1.35 bits per heavy atom. The predicted molar refractivity (Wildman–Crippen MR) is 76.6 cm³/mol. The number of rotatable bonds is 3. The number of nitrogens with one attached hydrogen (secondary N) is 2. The molecule has 102 valence electrons. The van der Waals surface area contributed by atoms with Crippen LogP contribution < -0.4 is 5.32 Å². The number of aromatic nitrogens is 3. The summed E-state index contributed by atoms with van der Waals surface area (Å²) in [5.41, 5.74) is 1.75. The number of aromatic amines is 1. The molecule has 0 radical (unpaired) electrons. The van der Waals surface area contributed by atoms with Gasteiger partial charge in [0.2, 0.25) is 0 Å². The normalized spacial score (nSPS) is 21.6. The van der Waals surface area contributed by atoms with Crippen LogP contribution in [0.1, 0.15) is 43.4 Å². The van der Waals surface area contributed by atoms with Crippen LogP contribution >= 0.6 is 0 Å². The third-order valence-electron chi connectivity index (χ3n) is 3.88. The molecule has 2 aromatic heterocycles. The summed E-state index contributed by atoms with van der Waals surface area (Å²) < 4.78 is 0. The monoisotopic (exact) mass is 267 g/mol. The molecule has 2 aromatic rings. The molecular weight excluding hydrogens is 250 g/mol. The molecule has 1 fully saturated rings. The summed E-state index contributed by atoms with van der Waals surface area (Å²) in [6.45, 7) is 2.30. The first-order valence-electron chi connectivity index (χ1n) is 6.93. The van der Waals surface area contributed by atoms with Crippen molar-refractivity contribution < 1.29 is 0 Å². The van der Waals surface area contributed by atoms with Crippen LogP contribution in [-0.2, 0) is 0 Å². The van der Waals surface area contributed by atoms with E-state index in [-0.39, 0.29) is 0 Å². The van der Waals surface area contributed by atoms with Crippen molar-refractivity contribution in [2.45, 2.75) is 32.1 Å². The lowest BCUT2D eigenvalue weighted by molar-refractivity contribution is 0.591. The van der Waals surface area contributed by atoms with Crippen molar-refractivity contribution in [3.8, 4) is 6.07 Å². The molecule has 0 saturated heterocycles.